The van der Waals surface area contributed by atoms with E-state index in [1.54, 1.807) is 24.3 Å². The van der Waals surface area contributed by atoms with Crippen LogP contribution in [0.2, 0.25) is 5.02 Å². The third-order valence-electron chi connectivity index (χ3n) is 2.83. The number of benzene rings is 1. The van der Waals surface area contributed by atoms with Gasteiger partial charge in [-0.25, -0.2) is 4.98 Å². The summed E-state index contributed by atoms with van der Waals surface area (Å²) in [6.45, 7) is 3.65. The molecule has 1 aromatic carbocycles. The SMILES string of the molecule is CC(C)NC(=O)Cn1cc(C(=O)[O-])nc1-c1cccc(Cl)c1.[Na+]. The van der Waals surface area contributed by atoms with Crippen molar-refractivity contribution < 1.29 is 44.3 Å². The molecule has 116 valence electrons. The Morgan fingerprint density at radius 1 is 1.39 bits per heavy atom. The van der Waals surface area contributed by atoms with Crippen molar-refractivity contribution in [1.82, 2.24) is 14.9 Å². The third kappa shape index (κ3) is 5.35. The molecule has 0 atom stereocenters. The standard InChI is InChI=1S/C15H16ClN3O3.Na/c1-9(2)17-13(20)8-19-7-12(15(21)22)18-14(19)10-4-3-5-11(16)6-10;/h3-7,9H,8H2,1-2H3,(H,17,20)(H,21,22);/q;+1/p-1. The third-order valence-corrected chi connectivity index (χ3v) is 3.07. The summed E-state index contributed by atoms with van der Waals surface area (Å²) in [6.07, 6.45) is 1.28. The fourth-order valence-electron chi connectivity index (χ4n) is 2.02. The van der Waals surface area contributed by atoms with Gasteiger partial charge in [0.2, 0.25) is 5.91 Å². The van der Waals surface area contributed by atoms with Crippen molar-refractivity contribution in [3.63, 3.8) is 0 Å². The number of hydrogen-bond acceptors (Lipinski definition) is 4. The van der Waals surface area contributed by atoms with E-state index in [1.165, 1.54) is 10.8 Å². The number of aromatic carboxylic acids is 1. The number of aromatic nitrogens is 2. The first-order chi connectivity index (χ1) is 10.4. The van der Waals surface area contributed by atoms with Crippen molar-refractivity contribution in [2.24, 2.45) is 0 Å². The normalized spacial score (nSPS) is 10.3. The molecule has 0 spiro atoms. The molecule has 2 rings (SSSR count). The average molecular weight is 344 g/mol. The summed E-state index contributed by atoms with van der Waals surface area (Å²) in [4.78, 5) is 26.9. The number of nitrogens with zero attached hydrogens (tertiary/aromatic N) is 2. The summed E-state index contributed by atoms with van der Waals surface area (Å²) in [5.41, 5.74) is 0.393. The second-order valence-corrected chi connectivity index (χ2v) is 5.53. The minimum absolute atomic E-state index is 0. The Morgan fingerprint density at radius 2 is 2.09 bits per heavy atom. The van der Waals surface area contributed by atoms with Crippen molar-refractivity contribution in [2.45, 2.75) is 26.4 Å². The summed E-state index contributed by atoms with van der Waals surface area (Å²) in [5.74, 6) is -1.28. The van der Waals surface area contributed by atoms with Crippen LogP contribution in [0.15, 0.2) is 30.5 Å². The fraction of sp³-hybridized carbons (Fsp3) is 0.267. The van der Waals surface area contributed by atoms with Crippen LogP contribution in [0.25, 0.3) is 11.4 Å². The Hall–Kier alpha value is -1.34. The van der Waals surface area contributed by atoms with E-state index in [0.29, 0.717) is 16.4 Å². The van der Waals surface area contributed by atoms with E-state index in [9.17, 15) is 14.7 Å². The van der Waals surface area contributed by atoms with Gasteiger partial charge in [-0.1, -0.05) is 23.7 Å². The van der Waals surface area contributed by atoms with Crippen molar-refractivity contribution in [2.75, 3.05) is 0 Å². The van der Waals surface area contributed by atoms with Crippen LogP contribution in [0.1, 0.15) is 24.3 Å². The Kier molecular flexibility index (Phi) is 7.28. The zero-order chi connectivity index (χ0) is 16.3. The van der Waals surface area contributed by atoms with Crippen LogP contribution in [0.5, 0.6) is 0 Å². The molecule has 1 N–H and O–H groups in total. The van der Waals surface area contributed by atoms with Gasteiger partial charge in [-0.2, -0.15) is 0 Å². The first-order valence-corrected chi connectivity index (χ1v) is 7.08. The molecule has 2 aromatic rings. The summed E-state index contributed by atoms with van der Waals surface area (Å²) in [6, 6.07) is 6.81. The summed E-state index contributed by atoms with van der Waals surface area (Å²) in [7, 11) is 0. The smallest absolute Gasteiger partial charge is 0.543 e. The van der Waals surface area contributed by atoms with E-state index in [4.69, 9.17) is 11.6 Å². The maximum Gasteiger partial charge on any atom is 1.00 e. The van der Waals surface area contributed by atoms with Crippen LogP contribution < -0.4 is 40.0 Å². The first kappa shape index (κ1) is 19.7. The van der Waals surface area contributed by atoms with Crippen molar-refractivity contribution in [1.29, 1.82) is 0 Å². The molecule has 0 radical (unpaired) electrons. The Labute approximate surface area is 161 Å². The summed E-state index contributed by atoms with van der Waals surface area (Å²) < 4.78 is 1.47. The van der Waals surface area contributed by atoms with Crippen LogP contribution in [0.3, 0.4) is 0 Å². The average Bonchev–Trinajstić information content (AvgIpc) is 2.81. The maximum atomic E-state index is 11.9. The van der Waals surface area contributed by atoms with E-state index < -0.39 is 5.97 Å². The molecule has 1 aromatic heterocycles. The van der Waals surface area contributed by atoms with Gasteiger partial charge in [-0.05, 0) is 26.0 Å². The van der Waals surface area contributed by atoms with Crippen molar-refractivity contribution in [3.05, 3.63) is 41.2 Å². The number of hydrogen-bond donors (Lipinski definition) is 1. The van der Waals surface area contributed by atoms with Crippen LogP contribution in [-0.2, 0) is 11.3 Å². The number of carboxylic acid groups (broad SMARTS) is 1. The molecule has 0 aliphatic carbocycles. The Morgan fingerprint density at radius 3 is 2.65 bits per heavy atom. The molecule has 0 saturated carbocycles. The number of nitrogens with one attached hydrogen (secondary N) is 1. The van der Waals surface area contributed by atoms with Gasteiger partial charge in [0.15, 0.2) is 0 Å². The molecule has 1 heterocycles. The molecule has 8 heteroatoms. The quantitative estimate of drug-likeness (QED) is 0.642. The molecule has 0 saturated heterocycles. The molecular formula is C15H15ClN3NaO3. The van der Waals surface area contributed by atoms with Crippen LogP contribution >= 0.6 is 11.6 Å². The second kappa shape index (κ2) is 8.49. The number of imidazole rings is 1. The fourth-order valence-corrected chi connectivity index (χ4v) is 2.21. The number of amides is 1. The van der Waals surface area contributed by atoms with Crippen LogP contribution in [0, 0.1) is 0 Å². The molecule has 23 heavy (non-hydrogen) atoms. The van der Waals surface area contributed by atoms with Gasteiger partial charge in [0, 0.05) is 22.8 Å². The number of carbonyl (C=O) groups is 2. The van der Waals surface area contributed by atoms with Gasteiger partial charge < -0.3 is 19.8 Å². The molecule has 0 aliphatic heterocycles. The number of halogens is 1. The van der Waals surface area contributed by atoms with E-state index >= 15 is 0 Å². The molecule has 1 amide bonds. The summed E-state index contributed by atoms with van der Waals surface area (Å²) in [5, 5.41) is 14.3. The van der Waals surface area contributed by atoms with Gasteiger partial charge in [0.1, 0.15) is 18.1 Å². The molecule has 0 unspecified atom stereocenters. The van der Waals surface area contributed by atoms with Gasteiger partial charge in [0.25, 0.3) is 0 Å². The molecule has 0 aliphatic rings. The van der Waals surface area contributed by atoms with Gasteiger partial charge in [-0.15, -0.1) is 0 Å². The second-order valence-electron chi connectivity index (χ2n) is 5.10. The van der Waals surface area contributed by atoms with E-state index in [1.807, 2.05) is 13.8 Å². The van der Waals surface area contributed by atoms with E-state index in [0.717, 1.165) is 0 Å². The summed E-state index contributed by atoms with van der Waals surface area (Å²) >= 11 is 5.95. The molecule has 6 nitrogen and oxygen atoms in total. The number of carbonyl (C=O) groups excluding carboxylic acids is 2. The van der Waals surface area contributed by atoms with Crippen molar-refractivity contribution >= 4 is 23.5 Å². The molecule has 0 bridgehead atoms. The predicted molar refractivity (Wildman–Crippen MR) is 80.3 cm³/mol. The minimum atomic E-state index is -1.40. The van der Waals surface area contributed by atoms with Gasteiger partial charge in [-0.3, -0.25) is 4.79 Å². The van der Waals surface area contributed by atoms with Crippen LogP contribution in [0.4, 0.5) is 0 Å². The first-order valence-electron chi connectivity index (χ1n) is 6.70. The van der Waals surface area contributed by atoms with E-state index in [-0.39, 0.29) is 53.7 Å². The van der Waals surface area contributed by atoms with Gasteiger partial charge >= 0.3 is 29.6 Å². The monoisotopic (exact) mass is 343 g/mol. The van der Waals surface area contributed by atoms with E-state index in [2.05, 4.69) is 10.3 Å². The number of carboxylic acids is 1. The van der Waals surface area contributed by atoms with Crippen LogP contribution in [-0.4, -0.2) is 27.5 Å². The Balaban J connectivity index is 0.00000264. The molecule has 0 fully saturated rings. The predicted octanol–water partition coefficient (Wildman–Crippen LogP) is -1.90. The minimum Gasteiger partial charge on any atom is -0.543 e. The maximum absolute atomic E-state index is 11.9. The number of rotatable bonds is 5. The topological polar surface area (TPSA) is 87.0 Å². The zero-order valence-corrected chi connectivity index (χ0v) is 15.9. The Bertz CT molecular complexity index is 716. The van der Waals surface area contributed by atoms with Gasteiger partial charge in [0.05, 0.1) is 5.97 Å². The zero-order valence-electron chi connectivity index (χ0n) is 13.2. The largest absolute Gasteiger partial charge is 1.00 e. The van der Waals surface area contributed by atoms with Crippen molar-refractivity contribution in [3.8, 4) is 11.4 Å². The molecular weight excluding hydrogens is 329 g/mol.